The van der Waals surface area contributed by atoms with Gasteiger partial charge in [0.1, 0.15) is 0 Å². The smallest absolute Gasteiger partial charge is 0.241 e. The predicted molar refractivity (Wildman–Crippen MR) is 86.8 cm³/mol. The van der Waals surface area contributed by atoms with E-state index in [0.29, 0.717) is 0 Å². The molecule has 0 aliphatic carbocycles. The topological polar surface area (TPSA) is 44.4 Å². The molecule has 2 aliphatic rings. The van der Waals surface area contributed by atoms with Crippen molar-refractivity contribution in [3.63, 3.8) is 0 Å². The average Bonchev–Trinajstić information content (AvgIpc) is 2.57. The molecule has 4 heteroatoms. The third-order valence-electron chi connectivity index (χ3n) is 4.49. The van der Waals surface area contributed by atoms with E-state index in [1.165, 1.54) is 31.4 Å². The monoisotopic (exact) mass is 287 g/mol. The van der Waals surface area contributed by atoms with Gasteiger partial charge in [0.25, 0.3) is 0 Å². The standard InChI is InChI=1S/C17H25N3O/c21-17(15-9-4-5-11-18-15)19-14-8-2-3-10-16(14)20-12-6-1-7-13-20/h2-3,8,10,15,18H,1,4-7,9,11-13H2,(H,19,21)/t15-/m1/s1. The molecule has 21 heavy (non-hydrogen) atoms. The molecule has 0 radical (unpaired) electrons. The number of para-hydroxylation sites is 2. The van der Waals surface area contributed by atoms with Gasteiger partial charge in [-0.05, 0) is 50.8 Å². The van der Waals surface area contributed by atoms with Crippen LogP contribution in [-0.2, 0) is 4.79 Å². The molecule has 0 unspecified atom stereocenters. The van der Waals surface area contributed by atoms with Crippen LogP contribution in [0.3, 0.4) is 0 Å². The lowest BCUT2D eigenvalue weighted by Gasteiger charge is -2.31. The van der Waals surface area contributed by atoms with E-state index in [2.05, 4.69) is 27.7 Å². The van der Waals surface area contributed by atoms with E-state index in [1.54, 1.807) is 0 Å². The molecule has 0 aromatic heterocycles. The fourth-order valence-corrected chi connectivity index (χ4v) is 3.29. The Hall–Kier alpha value is -1.55. The van der Waals surface area contributed by atoms with Crippen LogP contribution in [-0.4, -0.2) is 31.6 Å². The fraction of sp³-hybridized carbons (Fsp3) is 0.588. The molecule has 2 heterocycles. The van der Waals surface area contributed by atoms with Gasteiger partial charge in [-0.3, -0.25) is 4.79 Å². The largest absolute Gasteiger partial charge is 0.370 e. The Balaban J connectivity index is 1.70. The van der Waals surface area contributed by atoms with Gasteiger partial charge in [0.15, 0.2) is 0 Å². The maximum absolute atomic E-state index is 12.4. The molecule has 2 fully saturated rings. The van der Waals surface area contributed by atoms with Crippen LogP contribution in [0.2, 0.25) is 0 Å². The molecule has 3 rings (SSSR count). The fourth-order valence-electron chi connectivity index (χ4n) is 3.29. The highest BCUT2D eigenvalue weighted by atomic mass is 16.2. The summed E-state index contributed by atoms with van der Waals surface area (Å²) in [5.41, 5.74) is 2.12. The van der Waals surface area contributed by atoms with Crippen molar-refractivity contribution in [2.75, 3.05) is 29.9 Å². The Morgan fingerprint density at radius 1 is 1.10 bits per heavy atom. The number of nitrogens with zero attached hydrogens (tertiary/aromatic N) is 1. The Kier molecular flexibility index (Phi) is 4.76. The van der Waals surface area contributed by atoms with E-state index < -0.39 is 0 Å². The molecule has 4 nitrogen and oxygen atoms in total. The zero-order valence-electron chi connectivity index (χ0n) is 12.6. The van der Waals surface area contributed by atoms with E-state index in [1.807, 2.05) is 12.1 Å². The van der Waals surface area contributed by atoms with Crippen molar-refractivity contribution in [3.8, 4) is 0 Å². The number of rotatable bonds is 3. The van der Waals surface area contributed by atoms with Gasteiger partial charge in [0.2, 0.25) is 5.91 Å². The first-order valence-electron chi connectivity index (χ1n) is 8.23. The average molecular weight is 287 g/mol. The first kappa shape index (κ1) is 14.4. The Bertz CT molecular complexity index is 477. The van der Waals surface area contributed by atoms with Crippen molar-refractivity contribution in [3.05, 3.63) is 24.3 Å². The predicted octanol–water partition coefficient (Wildman–Crippen LogP) is 2.76. The molecular formula is C17H25N3O. The van der Waals surface area contributed by atoms with E-state index in [-0.39, 0.29) is 11.9 Å². The van der Waals surface area contributed by atoms with Crippen LogP contribution in [0.4, 0.5) is 11.4 Å². The summed E-state index contributed by atoms with van der Waals surface area (Å²) < 4.78 is 0. The van der Waals surface area contributed by atoms with Crippen LogP contribution < -0.4 is 15.5 Å². The Morgan fingerprint density at radius 2 is 1.90 bits per heavy atom. The zero-order chi connectivity index (χ0) is 14.5. The molecule has 1 aromatic rings. The molecule has 2 saturated heterocycles. The third-order valence-corrected chi connectivity index (χ3v) is 4.49. The van der Waals surface area contributed by atoms with Crippen LogP contribution in [0.15, 0.2) is 24.3 Å². The minimum atomic E-state index is -0.0341. The minimum absolute atomic E-state index is 0.0341. The number of carbonyl (C=O) groups is 1. The normalized spacial score (nSPS) is 22.9. The van der Waals surface area contributed by atoms with Crippen LogP contribution in [0.5, 0.6) is 0 Å². The number of carbonyl (C=O) groups excluding carboxylic acids is 1. The number of nitrogens with one attached hydrogen (secondary N) is 2. The van der Waals surface area contributed by atoms with Gasteiger partial charge in [0, 0.05) is 13.1 Å². The molecule has 1 aromatic carbocycles. The van der Waals surface area contributed by atoms with Crippen LogP contribution in [0, 0.1) is 0 Å². The molecule has 0 spiro atoms. The second kappa shape index (κ2) is 6.94. The number of amides is 1. The number of piperidine rings is 2. The minimum Gasteiger partial charge on any atom is -0.370 e. The van der Waals surface area contributed by atoms with E-state index >= 15 is 0 Å². The molecule has 2 aliphatic heterocycles. The molecular weight excluding hydrogens is 262 g/mol. The third kappa shape index (κ3) is 3.56. The summed E-state index contributed by atoms with van der Waals surface area (Å²) in [6.07, 6.45) is 7.06. The Labute approximate surface area is 126 Å². The summed E-state index contributed by atoms with van der Waals surface area (Å²) in [5, 5.41) is 6.45. The second-order valence-corrected chi connectivity index (χ2v) is 6.06. The summed E-state index contributed by atoms with van der Waals surface area (Å²) in [5.74, 6) is 0.110. The SMILES string of the molecule is O=C(Nc1ccccc1N1CCCCC1)[C@H]1CCCCN1. The molecule has 114 valence electrons. The van der Waals surface area contributed by atoms with Gasteiger partial charge in [-0.2, -0.15) is 0 Å². The quantitative estimate of drug-likeness (QED) is 0.898. The van der Waals surface area contributed by atoms with E-state index in [0.717, 1.165) is 38.2 Å². The van der Waals surface area contributed by atoms with E-state index in [9.17, 15) is 4.79 Å². The maximum atomic E-state index is 12.4. The van der Waals surface area contributed by atoms with Gasteiger partial charge in [-0.15, -0.1) is 0 Å². The molecule has 1 amide bonds. The molecule has 2 N–H and O–H groups in total. The lowest BCUT2D eigenvalue weighted by atomic mass is 10.0. The summed E-state index contributed by atoms with van der Waals surface area (Å²) >= 11 is 0. The van der Waals surface area contributed by atoms with Crippen molar-refractivity contribution in [1.82, 2.24) is 5.32 Å². The number of hydrogen-bond donors (Lipinski definition) is 2. The lowest BCUT2D eigenvalue weighted by Crippen LogP contribution is -2.43. The van der Waals surface area contributed by atoms with Gasteiger partial charge >= 0.3 is 0 Å². The summed E-state index contributed by atoms with van der Waals surface area (Å²) in [7, 11) is 0. The lowest BCUT2D eigenvalue weighted by molar-refractivity contribution is -0.118. The molecule has 0 saturated carbocycles. The first-order valence-corrected chi connectivity index (χ1v) is 8.23. The van der Waals surface area contributed by atoms with Gasteiger partial charge in [0.05, 0.1) is 17.4 Å². The van der Waals surface area contributed by atoms with Gasteiger partial charge in [-0.25, -0.2) is 0 Å². The van der Waals surface area contributed by atoms with Crippen LogP contribution >= 0.6 is 0 Å². The summed E-state index contributed by atoms with van der Waals surface area (Å²) in [6.45, 7) is 3.13. The first-order chi connectivity index (χ1) is 10.3. The molecule has 0 bridgehead atoms. The summed E-state index contributed by atoms with van der Waals surface area (Å²) in [4.78, 5) is 14.8. The number of benzene rings is 1. The van der Waals surface area contributed by atoms with E-state index in [4.69, 9.17) is 0 Å². The Morgan fingerprint density at radius 3 is 2.67 bits per heavy atom. The van der Waals surface area contributed by atoms with Crippen molar-refractivity contribution in [2.24, 2.45) is 0 Å². The van der Waals surface area contributed by atoms with Crippen LogP contribution in [0.25, 0.3) is 0 Å². The van der Waals surface area contributed by atoms with Crippen molar-refractivity contribution < 1.29 is 4.79 Å². The maximum Gasteiger partial charge on any atom is 0.241 e. The molecule has 1 atom stereocenters. The van der Waals surface area contributed by atoms with Gasteiger partial charge in [-0.1, -0.05) is 18.6 Å². The van der Waals surface area contributed by atoms with Crippen LogP contribution in [0.1, 0.15) is 38.5 Å². The second-order valence-electron chi connectivity index (χ2n) is 6.06. The van der Waals surface area contributed by atoms with Crippen molar-refractivity contribution in [2.45, 2.75) is 44.6 Å². The number of hydrogen-bond acceptors (Lipinski definition) is 3. The highest BCUT2D eigenvalue weighted by Crippen LogP contribution is 2.28. The zero-order valence-corrected chi connectivity index (χ0v) is 12.6. The van der Waals surface area contributed by atoms with Gasteiger partial charge < -0.3 is 15.5 Å². The highest BCUT2D eigenvalue weighted by Gasteiger charge is 2.22. The number of anilines is 2. The van der Waals surface area contributed by atoms with Crippen molar-refractivity contribution in [1.29, 1.82) is 0 Å². The summed E-state index contributed by atoms with van der Waals surface area (Å²) in [6, 6.07) is 8.16. The van der Waals surface area contributed by atoms with Crippen molar-refractivity contribution >= 4 is 17.3 Å². The highest BCUT2D eigenvalue weighted by molar-refractivity contribution is 5.97.